The Labute approximate surface area is 353 Å². The number of hydrogen-bond acceptors (Lipinski definition) is 3. The van der Waals surface area contributed by atoms with Gasteiger partial charge in [0, 0.05) is 23.8 Å². The second kappa shape index (κ2) is 14.6. The number of aromatic nitrogens is 5. The Morgan fingerprint density at radius 3 is 2.35 bits per heavy atom. The van der Waals surface area contributed by atoms with Gasteiger partial charge >= 0.3 is 11.2 Å². The third kappa shape index (κ3) is 5.85. The molecule has 0 fully saturated rings. The van der Waals surface area contributed by atoms with Crippen LogP contribution in [0.15, 0.2) is 114 Å². The minimum atomic E-state index is -0.472. The van der Waals surface area contributed by atoms with Crippen LogP contribution in [-0.4, -0.2) is 14.4 Å². The van der Waals surface area contributed by atoms with Gasteiger partial charge in [-0.25, -0.2) is 14.8 Å². The fourth-order valence-corrected chi connectivity index (χ4v) is 10.1. The lowest BCUT2D eigenvalue weighted by molar-refractivity contribution is -0.596. The molecule has 60 heavy (non-hydrogen) atoms. The molecule has 0 saturated carbocycles. The van der Waals surface area contributed by atoms with Crippen molar-refractivity contribution in [3.8, 4) is 22.6 Å². The van der Waals surface area contributed by atoms with Crippen LogP contribution < -0.4 is 19.9 Å². The van der Waals surface area contributed by atoms with E-state index in [1.807, 2.05) is 28.7 Å². The molecule has 0 saturated heterocycles. The van der Waals surface area contributed by atoms with E-state index in [1.54, 1.807) is 0 Å². The van der Waals surface area contributed by atoms with Crippen molar-refractivity contribution in [1.82, 2.24) is 14.4 Å². The third-order valence-corrected chi connectivity index (χ3v) is 13.5. The molecule has 1 aliphatic heterocycles. The average Bonchev–Trinajstić information content (AvgIpc) is 3.58. The van der Waals surface area contributed by atoms with Crippen molar-refractivity contribution in [3.63, 3.8) is 0 Å². The molecule has 8 aromatic rings. The zero-order valence-electron chi connectivity index (χ0n) is 37.0. The van der Waals surface area contributed by atoms with E-state index in [-0.39, 0.29) is 11.0 Å². The topological polar surface area (TPSA) is 55.2 Å². The summed E-state index contributed by atoms with van der Waals surface area (Å²) in [6, 6.07) is 28.2. The zero-order chi connectivity index (χ0) is 42.2. The fourth-order valence-electron chi connectivity index (χ4n) is 10.1. The average molecular weight is 792 g/mol. The molecule has 0 spiro atoms. The number of pyridine rings is 2. The van der Waals surface area contributed by atoms with Crippen LogP contribution in [0.2, 0.25) is 0 Å². The summed E-state index contributed by atoms with van der Waals surface area (Å²) in [7, 11) is 0. The Morgan fingerprint density at radius 1 is 0.900 bits per heavy atom. The van der Waals surface area contributed by atoms with Crippen LogP contribution in [0.4, 0.5) is 0 Å². The van der Waals surface area contributed by atoms with Crippen molar-refractivity contribution in [1.29, 1.82) is 0 Å². The Kier molecular flexibility index (Phi) is 9.61. The van der Waals surface area contributed by atoms with Crippen molar-refractivity contribution in [2.45, 2.75) is 112 Å². The number of unbranched alkanes of at least 4 members (excludes halogenated alkanes) is 1. The lowest BCUT2D eigenvalue weighted by atomic mass is 9.67. The highest BCUT2D eigenvalue weighted by Crippen LogP contribution is 2.48. The van der Waals surface area contributed by atoms with Crippen molar-refractivity contribution >= 4 is 44.2 Å². The summed E-state index contributed by atoms with van der Waals surface area (Å²) in [5, 5.41) is 2.39. The molecule has 0 radical (unpaired) electrons. The first kappa shape index (κ1) is 39.5. The maximum Gasteiger partial charge on any atom is 0.351 e. The maximum atomic E-state index is 15.4. The molecule has 0 aliphatic carbocycles. The van der Waals surface area contributed by atoms with E-state index in [0.29, 0.717) is 11.2 Å². The predicted molar refractivity (Wildman–Crippen MR) is 248 cm³/mol. The van der Waals surface area contributed by atoms with Gasteiger partial charge < -0.3 is 0 Å². The molecule has 0 amide bonds. The number of para-hydroxylation sites is 1. The number of fused-ring (bicyclic) bond motifs is 5. The number of hydrogen-bond donors (Lipinski definition) is 0. The predicted octanol–water partition coefficient (Wildman–Crippen LogP) is 11.1. The van der Waals surface area contributed by atoms with Crippen molar-refractivity contribution in [2.75, 3.05) is 0 Å². The zero-order valence-corrected chi connectivity index (χ0v) is 37.0. The van der Waals surface area contributed by atoms with Crippen LogP contribution >= 0.6 is 0 Å². The SMILES string of the molecule is CC=C(C=C(C)CCCC)c1cc[n+]2c(c1)-c1cc(C(C)(C)C)ccc1C(CC)(CC)C2=c1c2nc(-c3c(C)cccc3C)nc3ccn4c5ccccc5c(=O)[n+]1c4c32. The molecular formula is C54H57N5O+2. The molecule has 3 aromatic carbocycles. The van der Waals surface area contributed by atoms with Gasteiger partial charge in [0.15, 0.2) is 12.0 Å². The van der Waals surface area contributed by atoms with E-state index in [0.717, 1.165) is 80.3 Å². The molecule has 0 unspecified atom stereocenters. The first-order chi connectivity index (χ1) is 28.9. The Hall–Kier alpha value is -6.01. The van der Waals surface area contributed by atoms with E-state index in [4.69, 9.17) is 9.97 Å². The van der Waals surface area contributed by atoms with Gasteiger partial charge in [0.25, 0.3) is 0 Å². The van der Waals surface area contributed by atoms with Gasteiger partial charge in [-0.15, -0.1) is 4.40 Å². The van der Waals surface area contributed by atoms with Gasteiger partial charge in [-0.1, -0.05) is 108 Å². The smallest absolute Gasteiger partial charge is 0.240 e. The highest BCUT2D eigenvalue weighted by atomic mass is 16.1. The van der Waals surface area contributed by atoms with Gasteiger partial charge in [0.05, 0.1) is 22.7 Å². The first-order valence-corrected chi connectivity index (χ1v) is 21.9. The summed E-state index contributed by atoms with van der Waals surface area (Å²) < 4.78 is 6.57. The van der Waals surface area contributed by atoms with Gasteiger partial charge in [0.1, 0.15) is 21.8 Å². The summed E-state index contributed by atoms with van der Waals surface area (Å²) in [5.74, 6) is 0.675. The number of nitrogens with zero attached hydrogens (tertiary/aromatic N) is 5. The van der Waals surface area contributed by atoms with Gasteiger partial charge in [0.2, 0.25) is 16.7 Å². The highest BCUT2D eigenvalue weighted by molar-refractivity contribution is 6.05. The van der Waals surface area contributed by atoms with E-state index >= 15 is 4.79 Å². The van der Waals surface area contributed by atoms with Gasteiger partial charge in [-0.3, -0.25) is 0 Å². The van der Waals surface area contributed by atoms with E-state index in [9.17, 15) is 0 Å². The van der Waals surface area contributed by atoms with Crippen molar-refractivity contribution in [2.24, 2.45) is 0 Å². The molecule has 9 rings (SSSR count). The molecule has 0 atom stereocenters. The van der Waals surface area contributed by atoms with Crippen LogP contribution in [-0.2, 0) is 10.8 Å². The summed E-state index contributed by atoms with van der Waals surface area (Å²) in [6.07, 6.45) is 14.0. The fraction of sp³-hybridized carbons (Fsp3) is 0.315. The summed E-state index contributed by atoms with van der Waals surface area (Å²) in [5.41, 5.74) is 15.8. The summed E-state index contributed by atoms with van der Waals surface area (Å²) in [6.45, 7) is 22.4. The van der Waals surface area contributed by atoms with Crippen LogP contribution in [0, 0.1) is 13.8 Å². The van der Waals surface area contributed by atoms with Gasteiger partial charge in [-0.2, -0.15) is 8.97 Å². The Balaban J connectivity index is 1.52. The standard InChI is InChI=1S/C54H57N5O/c1-11-15-19-33(5)30-36(12-2)37-26-28-57-44(31-37)40-32-38(53(8,9)10)24-25-41(40)54(13-3,14-4)49(57)48-47-46-42(55-50(56-47)45-34(6)20-18-21-35(45)7)27-29-58-43-23-17-16-22-39(43)52(60)59(48)51(46)58/h12,16-18,20-32H,11,13-15,19H2,1-10H3/q+2. The highest BCUT2D eigenvalue weighted by Gasteiger charge is 2.50. The van der Waals surface area contributed by atoms with Gasteiger partial charge in [-0.05, 0) is 110 Å². The quantitative estimate of drug-likeness (QED) is 0.0875. The summed E-state index contributed by atoms with van der Waals surface area (Å²) >= 11 is 0. The molecule has 1 aliphatic rings. The number of aryl methyl sites for hydroxylation is 2. The van der Waals surface area contributed by atoms with E-state index in [2.05, 4.69) is 157 Å². The second-order valence-electron chi connectivity index (χ2n) is 18.1. The monoisotopic (exact) mass is 791 g/mol. The van der Waals surface area contributed by atoms with Crippen molar-refractivity contribution in [3.05, 3.63) is 153 Å². The molecule has 302 valence electrons. The van der Waals surface area contributed by atoms with Crippen LogP contribution in [0.25, 0.3) is 66.9 Å². The lowest BCUT2D eigenvalue weighted by Crippen LogP contribution is -2.61. The molecule has 6 nitrogen and oxygen atoms in total. The Bertz CT molecular complexity index is 3190. The first-order valence-electron chi connectivity index (χ1n) is 21.9. The van der Waals surface area contributed by atoms with Crippen LogP contribution in [0.3, 0.4) is 0 Å². The van der Waals surface area contributed by atoms with E-state index < -0.39 is 5.41 Å². The molecule has 6 heteroatoms. The second-order valence-corrected chi connectivity index (χ2v) is 18.1. The molecule has 6 heterocycles. The maximum absolute atomic E-state index is 15.4. The number of rotatable bonds is 8. The van der Waals surface area contributed by atoms with Crippen LogP contribution in [0.5, 0.6) is 0 Å². The lowest BCUT2D eigenvalue weighted by Gasteiger charge is -2.36. The molecule has 0 bridgehead atoms. The third-order valence-electron chi connectivity index (χ3n) is 13.5. The molecule has 0 N–H and O–H groups in total. The minimum Gasteiger partial charge on any atom is -0.240 e. The summed E-state index contributed by atoms with van der Waals surface area (Å²) in [4.78, 5) is 26.3. The largest absolute Gasteiger partial charge is 0.351 e. The van der Waals surface area contributed by atoms with Crippen LogP contribution in [0.1, 0.15) is 115 Å². The molecule has 5 aromatic heterocycles. The van der Waals surface area contributed by atoms with Crippen molar-refractivity contribution < 1.29 is 8.97 Å². The van der Waals surface area contributed by atoms with E-state index in [1.165, 1.54) is 46.2 Å². The Morgan fingerprint density at radius 2 is 1.65 bits per heavy atom. The molecular weight excluding hydrogens is 735 g/mol. The number of allylic oxidation sites excluding steroid dienone is 4. The minimum absolute atomic E-state index is 0.0457. The number of benzene rings is 3. The normalized spacial score (nSPS) is 15.4.